The van der Waals surface area contributed by atoms with Crippen LogP contribution in [-0.2, 0) is 28.6 Å². The van der Waals surface area contributed by atoms with Crippen molar-refractivity contribution < 1.29 is 28.6 Å². The molecule has 0 saturated carbocycles. The molecule has 0 rings (SSSR count). The van der Waals surface area contributed by atoms with Crippen molar-refractivity contribution in [3.63, 3.8) is 0 Å². The molecule has 2 atom stereocenters. The van der Waals surface area contributed by atoms with Crippen molar-refractivity contribution in [2.24, 2.45) is 17.8 Å². The summed E-state index contributed by atoms with van der Waals surface area (Å²) in [4.78, 5) is 38.0. The Morgan fingerprint density at radius 1 is 0.333 bits per heavy atom. The number of rotatable bonds is 47. The molecule has 60 heavy (non-hydrogen) atoms. The Morgan fingerprint density at radius 2 is 0.583 bits per heavy atom. The van der Waals surface area contributed by atoms with Gasteiger partial charge in [-0.3, -0.25) is 14.4 Å². The van der Waals surface area contributed by atoms with Gasteiger partial charge in [-0.15, -0.1) is 0 Å². The highest BCUT2D eigenvalue weighted by molar-refractivity contribution is 5.71. The predicted octanol–water partition coefficient (Wildman–Crippen LogP) is 17.2. The van der Waals surface area contributed by atoms with Gasteiger partial charge in [0, 0.05) is 19.3 Å². The molecule has 0 aliphatic heterocycles. The lowest BCUT2D eigenvalue weighted by molar-refractivity contribution is -0.167. The first-order valence-electron chi connectivity index (χ1n) is 26.6. The highest BCUT2D eigenvalue weighted by atomic mass is 16.6. The molecule has 0 aliphatic carbocycles. The summed E-state index contributed by atoms with van der Waals surface area (Å²) < 4.78 is 16.8. The molecule has 0 aromatic rings. The summed E-state index contributed by atoms with van der Waals surface area (Å²) in [5.41, 5.74) is 0. The van der Waals surface area contributed by atoms with Crippen molar-refractivity contribution in [3.05, 3.63) is 0 Å². The van der Waals surface area contributed by atoms with Crippen LogP contribution in [0.4, 0.5) is 0 Å². The van der Waals surface area contributed by atoms with Gasteiger partial charge in [-0.2, -0.15) is 0 Å². The third-order valence-corrected chi connectivity index (χ3v) is 12.5. The van der Waals surface area contributed by atoms with Crippen LogP contribution in [0.5, 0.6) is 0 Å². The molecular weight excluding hydrogens is 745 g/mol. The maximum atomic E-state index is 12.8. The minimum absolute atomic E-state index is 0.0647. The minimum Gasteiger partial charge on any atom is -0.462 e. The molecule has 0 spiro atoms. The SMILES string of the molecule is CCC(C)CCCCCCCCCCC(=O)O[C@@H](COC(=O)CCCCCCCCCCCCCCCCC(C)C)COC(=O)CCCCCCCCCCCCC(C)C. The van der Waals surface area contributed by atoms with Gasteiger partial charge < -0.3 is 14.2 Å². The molecule has 0 bridgehead atoms. The third-order valence-electron chi connectivity index (χ3n) is 12.5. The number of hydrogen-bond donors (Lipinski definition) is 0. The van der Waals surface area contributed by atoms with E-state index in [1.165, 1.54) is 173 Å². The van der Waals surface area contributed by atoms with E-state index in [4.69, 9.17) is 14.2 Å². The number of carbonyl (C=O) groups excluding carboxylic acids is 3. The molecule has 6 heteroatoms. The van der Waals surface area contributed by atoms with Gasteiger partial charge >= 0.3 is 17.9 Å². The minimum atomic E-state index is -0.763. The zero-order chi connectivity index (χ0) is 44.2. The Hall–Kier alpha value is -1.59. The van der Waals surface area contributed by atoms with Crippen molar-refractivity contribution in [2.45, 2.75) is 298 Å². The van der Waals surface area contributed by atoms with Crippen LogP contribution in [0.2, 0.25) is 0 Å². The Labute approximate surface area is 374 Å². The number of hydrogen-bond acceptors (Lipinski definition) is 6. The molecule has 356 valence electrons. The van der Waals surface area contributed by atoms with E-state index in [1.54, 1.807) is 0 Å². The average Bonchev–Trinajstić information content (AvgIpc) is 3.22. The first-order chi connectivity index (χ1) is 29.1. The fourth-order valence-corrected chi connectivity index (χ4v) is 8.08. The van der Waals surface area contributed by atoms with Crippen molar-refractivity contribution in [1.82, 2.24) is 0 Å². The summed E-state index contributed by atoms with van der Waals surface area (Å²) in [6.45, 7) is 13.7. The van der Waals surface area contributed by atoms with E-state index in [9.17, 15) is 14.4 Å². The molecule has 0 fully saturated rings. The summed E-state index contributed by atoms with van der Waals surface area (Å²) in [5, 5.41) is 0. The molecule has 0 aromatic heterocycles. The van der Waals surface area contributed by atoms with E-state index in [1.807, 2.05) is 0 Å². The summed E-state index contributed by atoms with van der Waals surface area (Å²) in [6, 6.07) is 0. The molecule has 0 aliphatic rings. The van der Waals surface area contributed by atoms with Crippen LogP contribution >= 0.6 is 0 Å². The van der Waals surface area contributed by atoms with Crippen LogP contribution in [0.3, 0.4) is 0 Å². The Balaban J connectivity index is 4.30. The molecule has 0 radical (unpaired) electrons. The molecule has 0 amide bonds. The largest absolute Gasteiger partial charge is 0.462 e. The van der Waals surface area contributed by atoms with Gasteiger partial charge in [-0.05, 0) is 37.0 Å². The lowest BCUT2D eigenvalue weighted by Crippen LogP contribution is -2.30. The van der Waals surface area contributed by atoms with E-state index < -0.39 is 6.10 Å². The van der Waals surface area contributed by atoms with E-state index in [0.717, 1.165) is 75.5 Å². The van der Waals surface area contributed by atoms with Crippen molar-refractivity contribution >= 4 is 17.9 Å². The monoisotopic (exact) mass is 849 g/mol. The average molecular weight is 849 g/mol. The second-order valence-electron chi connectivity index (χ2n) is 19.7. The molecule has 0 N–H and O–H groups in total. The van der Waals surface area contributed by atoms with Gasteiger partial charge in [-0.25, -0.2) is 0 Å². The molecule has 0 aromatic carbocycles. The predicted molar refractivity (Wildman–Crippen MR) is 256 cm³/mol. The lowest BCUT2D eigenvalue weighted by atomic mass is 9.99. The quantitative estimate of drug-likeness (QED) is 0.0345. The van der Waals surface area contributed by atoms with E-state index in [-0.39, 0.29) is 31.1 Å². The van der Waals surface area contributed by atoms with Crippen molar-refractivity contribution in [3.8, 4) is 0 Å². The van der Waals surface area contributed by atoms with Crippen LogP contribution in [-0.4, -0.2) is 37.2 Å². The zero-order valence-corrected chi connectivity index (χ0v) is 41.3. The van der Waals surface area contributed by atoms with Gasteiger partial charge in [-0.1, -0.05) is 253 Å². The van der Waals surface area contributed by atoms with Crippen LogP contribution < -0.4 is 0 Å². The van der Waals surface area contributed by atoms with Gasteiger partial charge in [0.15, 0.2) is 6.10 Å². The summed E-state index contributed by atoms with van der Waals surface area (Å²) in [7, 11) is 0. The molecular formula is C54H104O6. The third kappa shape index (κ3) is 45.9. The molecule has 1 unspecified atom stereocenters. The lowest BCUT2D eigenvalue weighted by Gasteiger charge is -2.18. The summed E-state index contributed by atoms with van der Waals surface area (Å²) in [6.07, 6.45) is 45.1. The Morgan fingerprint density at radius 3 is 0.867 bits per heavy atom. The van der Waals surface area contributed by atoms with Gasteiger partial charge in [0.2, 0.25) is 0 Å². The topological polar surface area (TPSA) is 78.9 Å². The zero-order valence-electron chi connectivity index (χ0n) is 41.3. The van der Waals surface area contributed by atoms with E-state index >= 15 is 0 Å². The van der Waals surface area contributed by atoms with Crippen LogP contribution in [0.15, 0.2) is 0 Å². The summed E-state index contributed by atoms with van der Waals surface area (Å²) >= 11 is 0. The van der Waals surface area contributed by atoms with Crippen molar-refractivity contribution in [2.75, 3.05) is 13.2 Å². The molecule has 6 nitrogen and oxygen atoms in total. The van der Waals surface area contributed by atoms with E-state index in [2.05, 4.69) is 41.5 Å². The molecule has 0 saturated heterocycles. The smallest absolute Gasteiger partial charge is 0.306 e. The van der Waals surface area contributed by atoms with Gasteiger partial charge in [0.1, 0.15) is 13.2 Å². The molecule has 0 heterocycles. The second-order valence-corrected chi connectivity index (χ2v) is 19.7. The number of esters is 3. The standard InChI is InChI=1S/C54H104O6/c1-7-50(6)42-36-30-24-20-21-27-33-39-45-54(57)60-51(47-59-53(56)44-38-32-26-19-15-14-17-23-29-35-41-49(4)5)46-58-52(55)43-37-31-25-18-13-11-9-8-10-12-16-22-28-34-40-48(2)3/h48-51H,7-47H2,1-6H3/t50?,51-/m0/s1. The normalized spacial score (nSPS) is 12.6. The number of ether oxygens (including phenoxy) is 3. The van der Waals surface area contributed by atoms with Gasteiger partial charge in [0.25, 0.3) is 0 Å². The van der Waals surface area contributed by atoms with E-state index in [0.29, 0.717) is 19.3 Å². The fourth-order valence-electron chi connectivity index (χ4n) is 8.08. The highest BCUT2D eigenvalue weighted by Gasteiger charge is 2.19. The summed E-state index contributed by atoms with van der Waals surface area (Å²) in [5.74, 6) is 1.66. The Bertz CT molecular complexity index is 931. The first kappa shape index (κ1) is 58.4. The van der Waals surface area contributed by atoms with Crippen LogP contribution in [0.25, 0.3) is 0 Å². The number of carbonyl (C=O) groups is 3. The maximum Gasteiger partial charge on any atom is 0.306 e. The fraction of sp³-hybridized carbons (Fsp3) is 0.944. The number of unbranched alkanes of at least 4 members (excludes halogenated alkanes) is 29. The van der Waals surface area contributed by atoms with Crippen LogP contribution in [0.1, 0.15) is 292 Å². The van der Waals surface area contributed by atoms with Crippen LogP contribution in [0, 0.1) is 17.8 Å². The van der Waals surface area contributed by atoms with Crippen molar-refractivity contribution in [1.29, 1.82) is 0 Å². The first-order valence-corrected chi connectivity index (χ1v) is 26.6. The highest BCUT2D eigenvalue weighted by Crippen LogP contribution is 2.18. The maximum absolute atomic E-state index is 12.8. The second kappa shape index (κ2) is 45.4. The Kier molecular flexibility index (Phi) is 44.2. The van der Waals surface area contributed by atoms with Gasteiger partial charge in [0.05, 0.1) is 0 Å².